The van der Waals surface area contributed by atoms with Crippen molar-refractivity contribution in [3.05, 3.63) is 24.3 Å². The third-order valence-corrected chi connectivity index (χ3v) is 12.4. The van der Waals surface area contributed by atoms with Gasteiger partial charge in [-0.2, -0.15) is 0 Å². The summed E-state index contributed by atoms with van der Waals surface area (Å²) in [6.07, 6.45) is 15.3. The maximum atomic E-state index is 12.9. The van der Waals surface area contributed by atoms with Gasteiger partial charge in [0.05, 0.1) is 25.9 Å². The molecule has 0 aromatic heterocycles. The third kappa shape index (κ3) is 12.3. The van der Waals surface area contributed by atoms with Gasteiger partial charge in [0, 0.05) is 18.3 Å². The van der Waals surface area contributed by atoms with Gasteiger partial charge < -0.3 is 18.6 Å². The summed E-state index contributed by atoms with van der Waals surface area (Å²) in [4.78, 5) is 24.3. The molecule has 220 valence electrons. The summed E-state index contributed by atoms with van der Waals surface area (Å²) < 4.78 is 23.7. The molecule has 38 heavy (non-hydrogen) atoms. The van der Waals surface area contributed by atoms with Crippen molar-refractivity contribution in [1.29, 1.82) is 0 Å². The zero-order valence-corrected chi connectivity index (χ0v) is 26.9. The van der Waals surface area contributed by atoms with Gasteiger partial charge in [-0.3, -0.25) is 9.59 Å². The standard InChI is InChI=1S/C31H56O6Si/c1-11-12-15-18-25(37-38(9,10)30(3,4)5)21-22-27(28-23-35-31(6,7)36-28)26(24(2)32)19-16-13-14-17-20-29(33)34-8/h13,16,21-22,25-28H,11-12,14-15,17-20,23H2,1-10H3/b16-13-,22-21+/t25?,26?,27-,28+/m0/s1. The Bertz CT molecular complexity index is 780. The molecule has 0 aliphatic carbocycles. The Morgan fingerprint density at radius 1 is 1.11 bits per heavy atom. The lowest BCUT2D eigenvalue weighted by Crippen LogP contribution is -2.43. The van der Waals surface area contributed by atoms with Gasteiger partial charge in [-0.05, 0) is 64.6 Å². The van der Waals surface area contributed by atoms with Gasteiger partial charge in [0.15, 0.2) is 14.1 Å². The number of carbonyl (C=O) groups is 2. The number of esters is 1. The number of Topliss-reactive ketones (excluding diaryl/α,β-unsaturated/α-hetero) is 1. The van der Waals surface area contributed by atoms with Crippen LogP contribution in [0, 0.1) is 11.8 Å². The Kier molecular flexibility index (Phi) is 14.7. The summed E-state index contributed by atoms with van der Waals surface area (Å²) in [5.74, 6) is -1.07. The van der Waals surface area contributed by atoms with E-state index < -0.39 is 14.1 Å². The first kappa shape index (κ1) is 34.7. The van der Waals surface area contributed by atoms with Crippen LogP contribution in [0.3, 0.4) is 0 Å². The van der Waals surface area contributed by atoms with E-state index in [9.17, 15) is 9.59 Å². The highest BCUT2D eigenvalue weighted by Gasteiger charge is 2.41. The molecule has 0 aromatic carbocycles. The molecule has 1 aliphatic heterocycles. The van der Waals surface area contributed by atoms with E-state index >= 15 is 0 Å². The van der Waals surface area contributed by atoms with Crippen molar-refractivity contribution >= 4 is 20.1 Å². The average Bonchev–Trinajstić information content (AvgIpc) is 3.17. The first-order valence-corrected chi connectivity index (χ1v) is 17.4. The van der Waals surface area contributed by atoms with Crippen LogP contribution < -0.4 is 0 Å². The third-order valence-electron chi connectivity index (χ3n) is 7.87. The van der Waals surface area contributed by atoms with Gasteiger partial charge in [-0.1, -0.05) is 71.3 Å². The lowest BCUT2D eigenvalue weighted by molar-refractivity contribution is -0.147. The van der Waals surface area contributed by atoms with Crippen molar-refractivity contribution in [2.24, 2.45) is 11.8 Å². The summed E-state index contributed by atoms with van der Waals surface area (Å²) in [5, 5.41) is 0.121. The number of allylic oxidation sites excluding steroid dienone is 2. The molecule has 0 saturated carbocycles. The number of hydrogen-bond acceptors (Lipinski definition) is 6. The number of hydrogen-bond donors (Lipinski definition) is 0. The van der Waals surface area contributed by atoms with Crippen LogP contribution in [0.15, 0.2) is 24.3 Å². The molecule has 0 amide bonds. The second-order valence-corrected chi connectivity index (χ2v) is 17.4. The average molecular weight is 553 g/mol. The summed E-state index contributed by atoms with van der Waals surface area (Å²) >= 11 is 0. The lowest BCUT2D eigenvalue weighted by atomic mass is 9.82. The van der Waals surface area contributed by atoms with E-state index in [1.807, 2.05) is 13.8 Å². The summed E-state index contributed by atoms with van der Waals surface area (Å²) in [6, 6.07) is 0. The van der Waals surface area contributed by atoms with Crippen LogP contribution in [0.5, 0.6) is 0 Å². The predicted octanol–water partition coefficient (Wildman–Crippen LogP) is 7.78. The Morgan fingerprint density at radius 3 is 2.32 bits per heavy atom. The molecule has 1 aliphatic rings. The van der Waals surface area contributed by atoms with E-state index in [0.29, 0.717) is 19.4 Å². The molecule has 0 bridgehead atoms. The predicted molar refractivity (Wildman–Crippen MR) is 158 cm³/mol. The minimum Gasteiger partial charge on any atom is -0.469 e. The smallest absolute Gasteiger partial charge is 0.305 e. The van der Waals surface area contributed by atoms with E-state index in [-0.39, 0.29) is 40.8 Å². The molecule has 0 radical (unpaired) electrons. The van der Waals surface area contributed by atoms with Crippen LogP contribution in [0.4, 0.5) is 0 Å². The van der Waals surface area contributed by atoms with Gasteiger partial charge in [-0.15, -0.1) is 0 Å². The van der Waals surface area contributed by atoms with Crippen molar-refractivity contribution < 1.29 is 28.2 Å². The van der Waals surface area contributed by atoms with Gasteiger partial charge in [0.25, 0.3) is 0 Å². The minimum atomic E-state index is -1.97. The fourth-order valence-corrected chi connectivity index (χ4v) is 5.75. The summed E-state index contributed by atoms with van der Waals surface area (Å²) in [6.45, 7) is 19.6. The van der Waals surface area contributed by atoms with Crippen LogP contribution in [0.1, 0.15) is 99.8 Å². The Hall–Kier alpha value is -1.28. The SMILES string of the molecule is CCCCCC(/C=C/[C@@H](C(C/C=C\CCCC(=O)OC)C(C)=O)[C@H]1COC(C)(C)O1)O[Si](C)(C)C(C)(C)C. The van der Waals surface area contributed by atoms with E-state index in [0.717, 1.165) is 25.7 Å². The first-order chi connectivity index (χ1) is 17.6. The van der Waals surface area contributed by atoms with Crippen LogP contribution in [-0.4, -0.2) is 51.8 Å². The molecular formula is C31H56O6Si. The molecule has 1 heterocycles. The van der Waals surface area contributed by atoms with Crippen LogP contribution in [0.2, 0.25) is 18.1 Å². The Morgan fingerprint density at radius 2 is 1.79 bits per heavy atom. The Labute approximate surface area is 234 Å². The number of methoxy groups -OCH3 is 1. The fraction of sp³-hybridized carbons (Fsp3) is 0.806. The molecule has 1 saturated heterocycles. The van der Waals surface area contributed by atoms with Gasteiger partial charge in [0.1, 0.15) is 5.78 Å². The fourth-order valence-electron chi connectivity index (χ4n) is 4.44. The van der Waals surface area contributed by atoms with Gasteiger partial charge >= 0.3 is 5.97 Å². The van der Waals surface area contributed by atoms with Crippen molar-refractivity contribution in [3.63, 3.8) is 0 Å². The zero-order valence-electron chi connectivity index (χ0n) is 25.9. The van der Waals surface area contributed by atoms with Crippen LogP contribution in [-0.2, 0) is 28.2 Å². The van der Waals surface area contributed by atoms with Crippen molar-refractivity contribution in [2.45, 2.75) is 136 Å². The largest absolute Gasteiger partial charge is 0.469 e. The maximum absolute atomic E-state index is 12.9. The van der Waals surface area contributed by atoms with Crippen molar-refractivity contribution in [1.82, 2.24) is 0 Å². The van der Waals surface area contributed by atoms with Crippen molar-refractivity contribution in [3.8, 4) is 0 Å². The topological polar surface area (TPSA) is 71.1 Å². The highest BCUT2D eigenvalue weighted by molar-refractivity contribution is 6.74. The first-order valence-electron chi connectivity index (χ1n) is 14.5. The summed E-state index contributed by atoms with van der Waals surface area (Å²) in [5.41, 5.74) is 0. The molecule has 2 unspecified atom stereocenters. The normalized spacial score (nSPS) is 20.6. The molecule has 6 nitrogen and oxygen atoms in total. The quantitative estimate of drug-likeness (QED) is 0.0794. The monoisotopic (exact) mass is 552 g/mol. The molecule has 0 N–H and O–H groups in total. The second kappa shape index (κ2) is 16.1. The highest BCUT2D eigenvalue weighted by atomic mass is 28.4. The molecular weight excluding hydrogens is 496 g/mol. The molecule has 7 heteroatoms. The van der Waals surface area contributed by atoms with E-state index in [1.165, 1.54) is 20.0 Å². The molecule has 0 spiro atoms. The summed E-state index contributed by atoms with van der Waals surface area (Å²) in [7, 11) is -0.559. The molecule has 0 aromatic rings. The van der Waals surface area contributed by atoms with E-state index in [4.69, 9.17) is 18.6 Å². The van der Waals surface area contributed by atoms with E-state index in [1.54, 1.807) is 6.92 Å². The lowest BCUT2D eigenvalue weighted by Gasteiger charge is -2.39. The van der Waals surface area contributed by atoms with Crippen LogP contribution >= 0.6 is 0 Å². The Balaban J connectivity index is 3.14. The van der Waals surface area contributed by atoms with Gasteiger partial charge in [0.2, 0.25) is 0 Å². The molecule has 4 atom stereocenters. The molecule has 1 fully saturated rings. The van der Waals surface area contributed by atoms with Crippen molar-refractivity contribution in [2.75, 3.05) is 13.7 Å². The number of unbranched alkanes of at least 4 members (excludes halogenated alkanes) is 3. The number of ketones is 1. The number of rotatable bonds is 17. The zero-order chi connectivity index (χ0) is 29.0. The van der Waals surface area contributed by atoms with Gasteiger partial charge in [-0.25, -0.2) is 0 Å². The number of carbonyl (C=O) groups excluding carboxylic acids is 2. The van der Waals surface area contributed by atoms with E-state index in [2.05, 4.69) is 65.1 Å². The minimum absolute atomic E-state index is 0.0155. The highest BCUT2D eigenvalue weighted by Crippen LogP contribution is 2.38. The second-order valence-electron chi connectivity index (χ2n) is 12.6. The molecule has 1 rings (SSSR count). The van der Waals surface area contributed by atoms with Crippen LogP contribution in [0.25, 0.3) is 0 Å². The maximum Gasteiger partial charge on any atom is 0.305 e. The number of ether oxygens (including phenoxy) is 3.